The minimum absolute atomic E-state index is 0.102. The van der Waals surface area contributed by atoms with Crippen molar-refractivity contribution in [1.29, 1.82) is 0 Å². The van der Waals surface area contributed by atoms with Gasteiger partial charge in [-0.2, -0.15) is 0 Å². The van der Waals surface area contributed by atoms with E-state index in [-0.39, 0.29) is 29.7 Å². The summed E-state index contributed by atoms with van der Waals surface area (Å²) in [5.41, 5.74) is 2.12. The third kappa shape index (κ3) is 4.17. The Morgan fingerprint density at radius 2 is 1.86 bits per heavy atom. The Labute approximate surface area is 164 Å². The summed E-state index contributed by atoms with van der Waals surface area (Å²) >= 11 is 0. The zero-order chi connectivity index (χ0) is 20.5. The first-order valence-corrected chi connectivity index (χ1v) is 10.6. The number of rotatable bonds is 5. The van der Waals surface area contributed by atoms with Gasteiger partial charge in [-0.3, -0.25) is 9.59 Å². The van der Waals surface area contributed by atoms with Crippen LogP contribution >= 0.6 is 0 Å². The standard InChI is InChI=1S/C20H22N2O5S/c1-13-4-9-18(27-2)17(10-13)22-12-14(11-19(22)23)20(24)21-15-5-7-16(8-6-15)28(3,25)26/h4-10,14H,11-12H2,1-3H3,(H,21,24)/t14-/m1/s1. The second kappa shape index (κ2) is 7.63. The van der Waals surface area contributed by atoms with Gasteiger partial charge in [0.1, 0.15) is 5.75 Å². The van der Waals surface area contributed by atoms with E-state index in [1.807, 2.05) is 19.1 Å². The van der Waals surface area contributed by atoms with E-state index in [2.05, 4.69) is 5.32 Å². The van der Waals surface area contributed by atoms with Crippen LogP contribution in [0.3, 0.4) is 0 Å². The fraction of sp³-hybridized carbons (Fsp3) is 0.300. The topological polar surface area (TPSA) is 92.8 Å². The summed E-state index contributed by atoms with van der Waals surface area (Å²) in [7, 11) is -1.75. The monoisotopic (exact) mass is 402 g/mol. The Morgan fingerprint density at radius 3 is 2.46 bits per heavy atom. The molecule has 1 atom stereocenters. The van der Waals surface area contributed by atoms with E-state index in [1.165, 1.54) is 24.3 Å². The minimum atomic E-state index is -3.29. The van der Waals surface area contributed by atoms with E-state index in [0.717, 1.165) is 11.8 Å². The molecule has 0 aliphatic carbocycles. The summed E-state index contributed by atoms with van der Waals surface area (Å²) in [5, 5.41) is 2.75. The molecule has 1 heterocycles. The zero-order valence-electron chi connectivity index (χ0n) is 15.9. The highest BCUT2D eigenvalue weighted by Gasteiger charge is 2.36. The number of carbonyl (C=O) groups excluding carboxylic acids is 2. The molecule has 2 aromatic carbocycles. The quantitative estimate of drug-likeness (QED) is 0.829. The fourth-order valence-corrected chi connectivity index (χ4v) is 3.79. The number of anilines is 2. The first kappa shape index (κ1) is 19.9. The molecule has 1 N–H and O–H groups in total. The molecule has 2 aromatic rings. The first-order valence-electron chi connectivity index (χ1n) is 8.75. The molecule has 7 nitrogen and oxygen atoms in total. The number of benzene rings is 2. The van der Waals surface area contributed by atoms with Gasteiger partial charge in [0.2, 0.25) is 11.8 Å². The number of carbonyl (C=O) groups is 2. The summed E-state index contributed by atoms with van der Waals surface area (Å²) < 4.78 is 28.4. The maximum absolute atomic E-state index is 12.6. The zero-order valence-corrected chi connectivity index (χ0v) is 16.7. The van der Waals surface area contributed by atoms with Crippen molar-refractivity contribution in [1.82, 2.24) is 0 Å². The Hall–Kier alpha value is -2.87. The Morgan fingerprint density at radius 1 is 1.18 bits per heavy atom. The molecule has 0 radical (unpaired) electrons. The maximum atomic E-state index is 12.6. The molecule has 8 heteroatoms. The smallest absolute Gasteiger partial charge is 0.229 e. The summed E-state index contributed by atoms with van der Waals surface area (Å²) in [6.45, 7) is 2.18. The molecule has 3 rings (SSSR count). The van der Waals surface area contributed by atoms with Crippen molar-refractivity contribution < 1.29 is 22.7 Å². The van der Waals surface area contributed by atoms with Crippen LogP contribution in [-0.4, -0.2) is 40.1 Å². The fourth-order valence-electron chi connectivity index (χ4n) is 3.16. The average molecular weight is 402 g/mol. The van der Waals surface area contributed by atoms with Crippen molar-refractivity contribution in [3.05, 3.63) is 48.0 Å². The van der Waals surface area contributed by atoms with Crippen LogP contribution in [0.25, 0.3) is 0 Å². The largest absolute Gasteiger partial charge is 0.495 e. The lowest BCUT2D eigenvalue weighted by Crippen LogP contribution is -2.28. The number of amides is 2. The SMILES string of the molecule is COc1ccc(C)cc1N1C[C@H](C(=O)Nc2ccc(S(C)(=O)=O)cc2)CC1=O. The lowest BCUT2D eigenvalue weighted by atomic mass is 10.1. The van der Waals surface area contributed by atoms with Crippen LogP contribution in [-0.2, 0) is 19.4 Å². The number of nitrogens with one attached hydrogen (secondary N) is 1. The van der Waals surface area contributed by atoms with Gasteiger partial charge in [0.25, 0.3) is 0 Å². The Kier molecular flexibility index (Phi) is 5.42. The van der Waals surface area contributed by atoms with E-state index >= 15 is 0 Å². The number of methoxy groups -OCH3 is 1. The first-order chi connectivity index (χ1) is 13.2. The van der Waals surface area contributed by atoms with Crippen molar-refractivity contribution in [2.75, 3.05) is 30.1 Å². The van der Waals surface area contributed by atoms with Crippen molar-refractivity contribution in [3.63, 3.8) is 0 Å². The highest BCUT2D eigenvalue weighted by Crippen LogP contribution is 2.34. The molecule has 28 heavy (non-hydrogen) atoms. The molecule has 2 amide bonds. The predicted molar refractivity (Wildman–Crippen MR) is 106 cm³/mol. The van der Waals surface area contributed by atoms with Crippen LogP contribution < -0.4 is 15.0 Å². The molecule has 0 spiro atoms. The lowest BCUT2D eigenvalue weighted by molar-refractivity contribution is -0.122. The van der Waals surface area contributed by atoms with Gasteiger partial charge in [-0.05, 0) is 48.9 Å². The van der Waals surface area contributed by atoms with Crippen LogP contribution in [0, 0.1) is 12.8 Å². The number of ether oxygens (including phenoxy) is 1. The third-order valence-corrected chi connectivity index (χ3v) is 5.80. The van der Waals surface area contributed by atoms with Gasteiger partial charge in [0.05, 0.1) is 23.6 Å². The van der Waals surface area contributed by atoms with Crippen molar-refractivity contribution in [2.45, 2.75) is 18.2 Å². The minimum Gasteiger partial charge on any atom is -0.495 e. The van der Waals surface area contributed by atoms with Crippen LogP contribution in [0.15, 0.2) is 47.4 Å². The van der Waals surface area contributed by atoms with Crippen LogP contribution in [0.4, 0.5) is 11.4 Å². The molecule has 148 valence electrons. The number of aryl methyl sites for hydroxylation is 1. The highest BCUT2D eigenvalue weighted by molar-refractivity contribution is 7.90. The number of hydrogen-bond donors (Lipinski definition) is 1. The summed E-state index contributed by atoms with van der Waals surface area (Å²) in [4.78, 5) is 26.9. The Balaban J connectivity index is 1.73. The average Bonchev–Trinajstić information content (AvgIpc) is 3.03. The molecule has 1 saturated heterocycles. The van der Waals surface area contributed by atoms with E-state index in [1.54, 1.807) is 18.1 Å². The molecule has 1 aliphatic rings. The highest BCUT2D eigenvalue weighted by atomic mass is 32.2. The van der Waals surface area contributed by atoms with E-state index < -0.39 is 15.8 Å². The molecule has 0 unspecified atom stereocenters. The molecule has 0 aromatic heterocycles. The second-order valence-corrected chi connectivity index (χ2v) is 8.88. The van der Waals surface area contributed by atoms with Gasteiger partial charge in [-0.1, -0.05) is 6.07 Å². The van der Waals surface area contributed by atoms with Crippen molar-refractivity contribution >= 4 is 33.0 Å². The summed E-state index contributed by atoms with van der Waals surface area (Å²) in [6.07, 6.45) is 1.23. The van der Waals surface area contributed by atoms with Crippen molar-refractivity contribution in [3.8, 4) is 5.75 Å². The summed E-state index contributed by atoms with van der Waals surface area (Å²) in [5.74, 6) is -0.352. The van der Waals surface area contributed by atoms with Gasteiger partial charge in [0, 0.05) is 24.9 Å². The number of nitrogens with zero attached hydrogens (tertiary/aromatic N) is 1. The molecule has 0 saturated carbocycles. The summed E-state index contributed by atoms with van der Waals surface area (Å²) in [6, 6.07) is 11.5. The van der Waals surface area contributed by atoms with E-state index in [0.29, 0.717) is 17.1 Å². The molecular formula is C20H22N2O5S. The molecular weight excluding hydrogens is 380 g/mol. The molecule has 1 aliphatic heterocycles. The van der Waals surface area contributed by atoms with E-state index in [9.17, 15) is 18.0 Å². The number of sulfone groups is 1. The van der Waals surface area contributed by atoms with Gasteiger partial charge >= 0.3 is 0 Å². The van der Waals surface area contributed by atoms with Gasteiger partial charge in [-0.15, -0.1) is 0 Å². The van der Waals surface area contributed by atoms with Crippen LogP contribution in [0.2, 0.25) is 0 Å². The van der Waals surface area contributed by atoms with Crippen molar-refractivity contribution in [2.24, 2.45) is 5.92 Å². The van der Waals surface area contributed by atoms with Gasteiger partial charge in [-0.25, -0.2) is 8.42 Å². The second-order valence-electron chi connectivity index (χ2n) is 6.87. The molecule has 1 fully saturated rings. The lowest BCUT2D eigenvalue weighted by Gasteiger charge is -2.20. The van der Waals surface area contributed by atoms with Crippen LogP contribution in [0.1, 0.15) is 12.0 Å². The van der Waals surface area contributed by atoms with Gasteiger partial charge in [0.15, 0.2) is 9.84 Å². The maximum Gasteiger partial charge on any atom is 0.229 e. The number of hydrogen-bond acceptors (Lipinski definition) is 5. The van der Waals surface area contributed by atoms with Crippen LogP contribution in [0.5, 0.6) is 5.75 Å². The normalized spacial score (nSPS) is 16.9. The van der Waals surface area contributed by atoms with E-state index in [4.69, 9.17) is 4.74 Å². The molecule has 0 bridgehead atoms. The predicted octanol–water partition coefficient (Wildman–Crippen LogP) is 2.40. The third-order valence-electron chi connectivity index (χ3n) is 4.67. The van der Waals surface area contributed by atoms with Gasteiger partial charge < -0.3 is 15.0 Å². The Bertz CT molecular complexity index is 1020.